The van der Waals surface area contributed by atoms with Crippen molar-refractivity contribution in [1.29, 1.82) is 0 Å². The molecular formula is C12H16F2N2O2. The summed E-state index contributed by atoms with van der Waals surface area (Å²) in [5.74, 6) is -0.494. The Labute approximate surface area is 104 Å². The van der Waals surface area contributed by atoms with Gasteiger partial charge in [0.05, 0.1) is 11.7 Å². The van der Waals surface area contributed by atoms with Gasteiger partial charge in [-0.25, -0.2) is 0 Å². The molecule has 0 fully saturated rings. The highest BCUT2D eigenvalue weighted by molar-refractivity contribution is 5.95. The number of alkyl halides is 2. The first-order chi connectivity index (χ1) is 8.54. The molecule has 0 radical (unpaired) electrons. The van der Waals surface area contributed by atoms with Crippen LogP contribution in [0.15, 0.2) is 24.3 Å². The molecule has 3 N–H and O–H groups in total. The van der Waals surface area contributed by atoms with Gasteiger partial charge in [-0.05, 0) is 18.6 Å². The fraction of sp³-hybridized carbons (Fsp3) is 0.417. The van der Waals surface area contributed by atoms with Gasteiger partial charge in [-0.3, -0.25) is 4.79 Å². The zero-order valence-corrected chi connectivity index (χ0v) is 10.0. The molecule has 1 atom stereocenters. The van der Waals surface area contributed by atoms with Gasteiger partial charge in [0.1, 0.15) is 5.75 Å². The molecule has 100 valence electrons. The minimum Gasteiger partial charge on any atom is -0.433 e. The summed E-state index contributed by atoms with van der Waals surface area (Å²) in [5, 5.41) is 2.48. The topological polar surface area (TPSA) is 64.4 Å². The van der Waals surface area contributed by atoms with Gasteiger partial charge in [-0.2, -0.15) is 8.78 Å². The number of hydrogen-bond donors (Lipinski definition) is 2. The van der Waals surface area contributed by atoms with Crippen LogP contribution in [-0.2, 0) is 4.79 Å². The first-order valence-electron chi connectivity index (χ1n) is 5.65. The zero-order chi connectivity index (χ0) is 13.5. The molecule has 0 saturated carbocycles. The van der Waals surface area contributed by atoms with Crippen LogP contribution in [0.1, 0.15) is 19.8 Å². The van der Waals surface area contributed by atoms with E-state index in [1.54, 1.807) is 12.1 Å². The van der Waals surface area contributed by atoms with Crippen LogP contribution in [0.25, 0.3) is 0 Å². The Morgan fingerprint density at radius 3 is 2.72 bits per heavy atom. The Morgan fingerprint density at radius 1 is 1.44 bits per heavy atom. The monoisotopic (exact) mass is 258 g/mol. The van der Waals surface area contributed by atoms with Crippen molar-refractivity contribution in [3.8, 4) is 5.75 Å². The first-order valence-corrected chi connectivity index (χ1v) is 5.65. The van der Waals surface area contributed by atoms with Gasteiger partial charge in [0.25, 0.3) is 0 Å². The Morgan fingerprint density at radius 2 is 2.11 bits per heavy atom. The van der Waals surface area contributed by atoms with Crippen molar-refractivity contribution in [3.63, 3.8) is 0 Å². The molecule has 0 unspecified atom stereocenters. The number of nitrogens with two attached hydrogens (primary N) is 1. The van der Waals surface area contributed by atoms with E-state index < -0.39 is 18.6 Å². The molecule has 0 saturated heterocycles. The molecule has 6 heteroatoms. The summed E-state index contributed by atoms with van der Waals surface area (Å²) in [5.41, 5.74) is 5.82. The first kappa shape index (κ1) is 14.4. The predicted molar refractivity (Wildman–Crippen MR) is 64.6 cm³/mol. The summed E-state index contributed by atoms with van der Waals surface area (Å²) < 4.78 is 28.6. The summed E-state index contributed by atoms with van der Waals surface area (Å²) in [4.78, 5) is 11.7. The van der Waals surface area contributed by atoms with Gasteiger partial charge in [-0.15, -0.1) is 0 Å². The summed E-state index contributed by atoms with van der Waals surface area (Å²) in [6, 6.07) is 5.33. The number of amides is 1. The minimum absolute atomic E-state index is 0.0791. The summed E-state index contributed by atoms with van der Waals surface area (Å²) >= 11 is 0. The third kappa shape index (κ3) is 4.29. The fourth-order valence-corrected chi connectivity index (χ4v) is 1.44. The highest BCUT2D eigenvalue weighted by atomic mass is 19.3. The Hall–Kier alpha value is -1.69. The highest BCUT2D eigenvalue weighted by Gasteiger charge is 2.15. The van der Waals surface area contributed by atoms with Gasteiger partial charge < -0.3 is 15.8 Å². The summed E-state index contributed by atoms with van der Waals surface area (Å²) in [6.45, 7) is -1.03. The Balaban J connectivity index is 2.74. The lowest BCUT2D eigenvalue weighted by Gasteiger charge is -2.14. The van der Waals surface area contributed by atoms with E-state index in [2.05, 4.69) is 10.1 Å². The minimum atomic E-state index is -2.94. The van der Waals surface area contributed by atoms with Crippen LogP contribution < -0.4 is 15.8 Å². The number of anilines is 1. The molecule has 1 aromatic rings. The van der Waals surface area contributed by atoms with Crippen LogP contribution in [0.4, 0.5) is 14.5 Å². The lowest BCUT2D eigenvalue weighted by atomic mass is 10.1. The number of rotatable bonds is 6. The second kappa shape index (κ2) is 6.90. The maximum absolute atomic E-state index is 12.2. The average molecular weight is 258 g/mol. The van der Waals surface area contributed by atoms with Crippen molar-refractivity contribution < 1.29 is 18.3 Å². The highest BCUT2D eigenvalue weighted by Crippen LogP contribution is 2.25. The van der Waals surface area contributed by atoms with E-state index in [1.165, 1.54) is 12.1 Å². The SMILES string of the molecule is CCC[C@H](N)C(=O)Nc1ccccc1OC(F)F. The normalized spacial score (nSPS) is 12.3. The Kier molecular flexibility index (Phi) is 5.51. The lowest BCUT2D eigenvalue weighted by Crippen LogP contribution is -2.35. The lowest BCUT2D eigenvalue weighted by molar-refractivity contribution is -0.117. The van der Waals surface area contributed by atoms with Gasteiger partial charge in [0.15, 0.2) is 0 Å². The predicted octanol–water partition coefficient (Wildman–Crippen LogP) is 2.35. The van der Waals surface area contributed by atoms with E-state index in [0.29, 0.717) is 6.42 Å². The number of hydrogen-bond acceptors (Lipinski definition) is 3. The van der Waals surface area contributed by atoms with E-state index in [9.17, 15) is 13.6 Å². The number of ether oxygens (including phenoxy) is 1. The smallest absolute Gasteiger partial charge is 0.387 e. The van der Waals surface area contributed by atoms with Crippen molar-refractivity contribution >= 4 is 11.6 Å². The number of carbonyl (C=O) groups excluding carboxylic acids is 1. The quantitative estimate of drug-likeness (QED) is 0.823. The molecular weight excluding hydrogens is 242 g/mol. The van der Waals surface area contributed by atoms with Crippen molar-refractivity contribution in [2.24, 2.45) is 5.73 Å². The van der Waals surface area contributed by atoms with Crippen LogP contribution in [0, 0.1) is 0 Å². The van der Waals surface area contributed by atoms with Crippen LogP contribution in [0.3, 0.4) is 0 Å². The van der Waals surface area contributed by atoms with Crippen molar-refractivity contribution in [1.82, 2.24) is 0 Å². The van der Waals surface area contributed by atoms with E-state index in [4.69, 9.17) is 5.73 Å². The summed E-state index contributed by atoms with van der Waals surface area (Å²) in [6.07, 6.45) is 1.30. The number of carbonyl (C=O) groups is 1. The second-order valence-corrected chi connectivity index (χ2v) is 3.76. The average Bonchev–Trinajstić information content (AvgIpc) is 2.31. The maximum Gasteiger partial charge on any atom is 0.387 e. The Bertz CT molecular complexity index is 399. The third-order valence-electron chi connectivity index (χ3n) is 2.30. The van der Waals surface area contributed by atoms with E-state index in [1.807, 2.05) is 6.92 Å². The van der Waals surface area contributed by atoms with E-state index in [0.717, 1.165) is 6.42 Å². The van der Waals surface area contributed by atoms with Crippen molar-refractivity contribution in [3.05, 3.63) is 24.3 Å². The standard InChI is InChI=1S/C12H16F2N2O2/c1-2-5-8(15)11(17)16-9-6-3-4-7-10(9)18-12(13)14/h3-4,6-8,12H,2,5,15H2,1H3,(H,16,17)/t8-/m0/s1. The molecule has 1 amide bonds. The van der Waals surface area contributed by atoms with Crippen LogP contribution >= 0.6 is 0 Å². The third-order valence-corrected chi connectivity index (χ3v) is 2.30. The van der Waals surface area contributed by atoms with Gasteiger partial charge in [-0.1, -0.05) is 25.5 Å². The number of nitrogens with one attached hydrogen (secondary N) is 1. The van der Waals surface area contributed by atoms with Crippen molar-refractivity contribution in [2.45, 2.75) is 32.4 Å². The summed E-state index contributed by atoms with van der Waals surface area (Å²) in [7, 11) is 0. The molecule has 0 spiro atoms. The molecule has 0 aromatic heterocycles. The number of halogens is 2. The zero-order valence-electron chi connectivity index (χ0n) is 10.0. The van der Waals surface area contributed by atoms with E-state index >= 15 is 0 Å². The molecule has 0 aliphatic carbocycles. The fourth-order valence-electron chi connectivity index (χ4n) is 1.44. The molecule has 0 bridgehead atoms. The molecule has 1 rings (SSSR count). The largest absolute Gasteiger partial charge is 0.433 e. The molecule has 1 aromatic carbocycles. The molecule has 0 heterocycles. The molecule has 18 heavy (non-hydrogen) atoms. The molecule has 0 aliphatic rings. The van der Waals surface area contributed by atoms with Gasteiger partial charge in [0, 0.05) is 0 Å². The molecule has 0 aliphatic heterocycles. The number of benzene rings is 1. The molecule has 4 nitrogen and oxygen atoms in total. The second-order valence-electron chi connectivity index (χ2n) is 3.76. The van der Waals surface area contributed by atoms with Gasteiger partial charge in [0.2, 0.25) is 5.91 Å². The van der Waals surface area contributed by atoms with Crippen LogP contribution in [0.5, 0.6) is 5.75 Å². The van der Waals surface area contributed by atoms with Crippen molar-refractivity contribution in [2.75, 3.05) is 5.32 Å². The van der Waals surface area contributed by atoms with Crippen LogP contribution in [0.2, 0.25) is 0 Å². The number of para-hydroxylation sites is 2. The van der Waals surface area contributed by atoms with Crippen LogP contribution in [-0.4, -0.2) is 18.6 Å². The van der Waals surface area contributed by atoms with Gasteiger partial charge >= 0.3 is 6.61 Å². The van der Waals surface area contributed by atoms with E-state index in [-0.39, 0.29) is 11.4 Å². The maximum atomic E-state index is 12.2.